The number of amides is 2. The van der Waals surface area contributed by atoms with E-state index in [1.165, 1.54) is 28.0 Å². The maximum Gasteiger partial charge on any atom is 0.272 e. The Morgan fingerprint density at radius 2 is 1.74 bits per heavy atom. The molecule has 0 saturated heterocycles. The van der Waals surface area contributed by atoms with Crippen molar-refractivity contribution in [3.8, 4) is 0 Å². The summed E-state index contributed by atoms with van der Waals surface area (Å²) < 4.78 is 0. The fourth-order valence-electron chi connectivity index (χ4n) is 2.42. The zero-order valence-electron chi connectivity index (χ0n) is 13.2. The fourth-order valence-corrected chi connectivity index (χ4v) is 4.23. The maximum absolute atomic E-state index is 12.9. The lowest BCUT2D eigenvalue weighted by atomic mass is 10.2. The summed E-state index contributed by atoms with van der Waals surface area (Å²) in [6.07, 6.45) is 0. The lowest BCUT2D eigenvalue weighted by Gasteiger charge is -2.15. The zero-order chi connectivity index (χ0) is 16.6. The molecular weight excluding hydrogens is 326 g/mol. The van der Waals surface area contributed by atoms with Crippen molar-refractivity contribution in [3.63, 3.8) is 0 Å². The summed E-state index contributed by atoms with van der Waals surface area (Å²) in [7, 11) is 0. The topological polar surface area (TPSA) is 37.4 Å². The molecule has 118 valence electrons. The van der Waals surface area contributed by atoms with Gasteiger partial charge in [-0.05, 0) is 30.5 Å². The number of carbonyl (C=O) groups is 2. The van der Waals surface area contributed by atoms with Gasteiger partial charge in [0.05, 0.1) is 16.2 Å². The van der Waals surface area contributed by atoms with E-state index in [0.717, 1.165) is 10.4 Å². The number of hydrogen-bond acceptors (Lipinski definition) is 4. The van der Waals surface area contributed by atoms with E-state index >= 15 is 0 Å². The second-order valence-electron chi connectivity index (χ2n) is 5.63. The minimum atomic E-state index is -0.232. The van der Waals surface area contributed by atoms with Crippen molar-refractivity contribution in [2.45, 2.75) is 26.0 Å². The summed E-state index contributed by atoms with van der Waals surface area (Å²) in [6.45, 7) is 6.03. The number of thiophene rings is 1. The highest BCUT2D eigenvalue weighted by Crippen LogP contribution is 2.41. The molecule has 3 rings (SSSR count). The summed E-state index contributed by atoms with van der Waals surface area (Å²) >= 11 is 2.94. The highest BCUT2D eigenvalue weighted by atomic mass is 32.2. The van der Waals surface area contributed by atoms with Gasteiger partial charge in [0.15, 0.2) is 0 Å². The monoisotopic (exact) mass is 343 g/mol. The molecule has 2 amide bonds. The molecule has 5 heteroatoms. The van der Waals surface area contributed by atoms with Crippen molar-refractivity contribution in [3.05, 3.63) is 57.1 Å². The Balaban J connectivity index is 2.07. The van der Waals surface area contributed by atoms with Crippen LogP contribution in [0.1, 0.15) is 24.3 Å². The quantitative estimate of drug-likeness (QED) is 0.768. The number of nitrogens with zero attached hydrogens (tertiary/aromatic N) is 1. The predicted molar refractivity (Wildman–Crippen MR) is 97.6 cm³/mol. The molecule has 0 saturated carbocycles. The SMILES string of the molecule is Cc1ccc(N2C(=O)C(SC(C)C)=C(c3cccs3)C2=O)cc1. The third kappa shape index (κ3) is 2.99. The minimum absolute atomic E-state index is 0.221. The van der Waals surface area contributed by atoms with Gasteiger partial charge in [-0.15, -0.1) is 23.1 Å². The van der Waals surface area contributed by atoms with Gasteiger partial charge in [0.2, 0.25) is 0 Å². The van der Waals surface area contributed by atoms with Crippen LogP contribution in [-0.2, 0) is 9.59 Å². The van der Waals surface area contributed by atoms with Crippen molar-refractivity contribution in [1.29, 1.82) is 0 Å². The smallest absolute Gasteiger partial charge is 0.268 e. The lowest BCUT2D eigenvalue weighted by molar-refractivity contribution is -0.119. The van der Waals surface area contributed by atoms with Crippen LogP contribution in [0.25, 0.3) is 5.57 Å². The molecule has 0 unspecified atom stereocenters. The first-order chi connectivity index (χ1) is 11.0. The summed E-state index contributed by atoms with van der Waals surface area (Å²) in [5, 5.41) is 2.15. The van der Waals surface area contributed by atoms with Crippen molar-refractivity contribution in [2.24, 2.45) is 0 Å². The van der Waals surface area contributed by atoms with Gasteiger partial charge >= 0.3 is 0 Å². The molecule has 23 heavy (non-hydrogen) atoms. The first kappa shape index (κ1) is 16.0. The van der Waals surface area contributed by atoms with Crippen LogP contribution >= 0.6 is 23.1 Å². The van der Waals surface area contributed by atoms with E-state index in [2.05, 4.69) is 0 Å². The number of aryl methyl sites for hydroxylation is 1. The molecule has 3 nitrogen and oxygen atoms in total. The van der Waals surface area contributed by atoms with Crippen molar-refractivity contribution >= 4 is 46.2 Å². The third-order valence-corrected chi connectivity index (χ3v) is 5.43. The number of imide groups is 1. The second-order valence-corrected chi connectivity index (χ2v) is 8.16. The molecular formula is C18H17NO2S2. The predicted octanol–water partition coefficient (Wildman–Crippen LogP) is 4.48. The summed E-state index contributed by atoms with van der Waals surface area (Å²) in [6, 6.07) is 11.3. The average molecular weight is 343 g/mol. The Morgan fingerprint density at radius 1 is 1.04 bits per heavy atom. The van der Waals surface area contributed by atoms with E-state index in [1.54, 1.807) is 0 Å². The molecule has 0 radical (unpaired) electrons. The Labute approximate surface area is 144 Å². The van der Waals surface area contributed by atoms with Gasteiger partial charge in [-0.1, -0.05) is 37.6 Å². The van der Waals surface area contributed by atoms with Crippen LogP contribution in [0.4, 0.5) is 5.69 Å². The molecule has 0 atom stereocenters. The number of benzene rings is 1. The largest absolute Gasteiger partial charge is 0.272 e. The molecule has 2 aromatic rings. The second kappa shape index (κ2) is 6.34. The summed E-state index contributed by atoms with van der Waals surface area (Å²) in [5.74, 6) is -0.453. The van der Waals surface area contributed by atoms with Crippen LogP contribution in [0.5, 0.6) is 0 Å². The molecule has 0 aliphatic carbocycles. The molecule has 0 N–H and O–H groups in total. The van der Waals surface area contributed by atoms with Gasteiger partial charge in [-0.3, -0.25) is 9.59 Å². The van der Waals surface area contributed by atoms with Gasteiger partial charge < -0.3 is 0 Å². The Kier molecular flexibility index (Phi) is 4.41. The number of rotatable bonds is 4. The Bertz CT molecular complexity index is 774. The van der Waals surface area contributed by atoms with Crippen LogP contribution in [0, 0.1) is 6.92 Å². The summed E-state index contributed by atoms with van der Waals surface area (Å²) in [5.41, 5.74) is 2.25. The van der Waals surface area contributed by atoms with Crippen LogP contribution in [0.2, 0.25) is 0 Å². The van der Waals surface area contributed by atoms with Gasteiger partial charge in [-0.2, -0.15) is 0 Å². The van der Waals surface area contributed by atoms with Gasteiger partial charge in [0.25, 0.3) is 11.8 Å². The molecule has 0 spiro atoms. The molecule has 1 aromatic carbocycles. The average Bonchev–Trinajstić information content (AvgIpc) is 3.09. The molecule has 0 bridgehead atoms. The highest BCUT2D eigenvalue weighted by molar-refractivity contribution is 8.04. The number of carbonyl (C=O) groups excluding carboxylic acids is 2. The van der Waals surface area contributed by atoms with E-state index in [1.807, 2.05) is 62.5 Å². The molecule has 2 heterocycles. The van der Waals surface area contributed by atoms with Crippen LogP contribution in [0.3, 0.4) is 0 Å². The Morgan fingerprint density at radius 3 is 2.30 bits per heavy atom. The zero-order valence-corrected chi connectivity index (χ0v) is 14.8. The molecule has 0 fully saturated rings. The van der Waals surface area contributed by atoms with E-state index in [0.29, 0.717) is 16.2 Å². The first-order valence-electron chi connectivity index (χ1n) is 7.39. The van der Waals surface area contributed by atoms with E-state index in [4.69, 9.17) is 0 Å². The van der Waals surface area contributed by atoms with Gasteiger partial charge in [-0.25, -0.2) is 4.90 Å². The van der Waals surface area contributed by atoms with E-state index < -0.39 is 0 Å². The van der Waals surface area contributed by atoms with Crippen LogP contribution in [0.15, 0.2) is 46.7 Å². The van der Waals surface area contributed by atoms with Gasteiger partial charge in [0, 0.05) is 10.1 Å². The molecule has 1 aliphatic rings. The van der Waals surface area contributed by atoms with E-state index in [9.17, 15) is 9.59 Å². The molecule has 1 aliphatic heterocycles. The van der Waals surface area contributed by atoms with Crippen molar-refractivity contribution in [2.75, 3.05) is 4.90 Å². The van der Waals surface area contributed by atoms with Crippen molar-refractivity contribution < 1.29 is 9.59 Å². The molecule has 1 aromatic heterocycles. The summed E-state index contributed by atoms with van der Waals surface area (Å²) in [4.78, 5) is 28.5. The van der Waals surface area contributed by atoms with Crippen LogP contribution in [-0.4, -0.2) is 17.1 Å². The number of hydrogen-bond donors (Lipinski definition) is 0. The lowest BCUT2D eigenvalue weighted by Crippen LogP contribution is -2.31. The standard InChI is InChI=1S/C18H17NO2S2/c1-11(2)23-16-15(14-5-4-10-22-14)17(20)19(18(16)21)13-8-6-12(3)7-9-13/h4-11H,1-3H3. The number of anilines is 1. The maximum atomic E-state index is 12.9. The van der Waals surface area contributed by atoms with Crippen molar-refractivity contribution in [1.82, 2.24) is 0 Å². The fraction of sp³-hybridized carbons (Fsp3) is 0.222. The Hall–Kier alpha value is -1.85. The van der Waals surface area contributed by atoms with Crippen LogP contribution < -0.4 is 4.90 Å². The third-order valence-electron chi connectivity index (χ3n) is 3.45. The van der Waals surface area contributed by atoms with E-state index in [-0.39, 0.29) is 17.1 Å². The first-order valence-corrected chi connectivity index (χ1v) is 9.15. The highest BCUT2D eigenvalue weighted by Gasteiger charge is 2.40. The van der Waals surface area contributed by atoms with Gasteiger partial charge in [0.1, 0.15) is 0 Å². The minimum Gasteiger partial charge on any atom is -0.268 e. The normalized spacial score (nSPS) is 15.2. The number of thioether (sulfide) groups is 1.